The van der Waals surface area contributed by atoms with Crippen molar-refractivity contribution in [1.29, 1.82) is 0 Å². The maximum Gasteiger partial charge on any atom is 0.136 e. The highest BCUT2D eigenvalue weighted by molar-refractivity contribution is 6.30. The van der Waals surface area contributed by atoms with Crippen molar-refractivity contribution in [2.75, 3.05) is 0 Å². The lowest BCUT2D eigenvalue weighted by molar-refractivity contribution is 0.620. The van der Waals surface area contributed by atoms with Crippen LogP contribution in [0.1, 0.15) is 25.2 Å². The molecule has 0 unspecified atom stereocenters. The van der Waals surface area contributed by atoms with Crippen molar-refractivity contribution < 1.29 is 0 Å². The first-order chi connectivity index (χ1) is 8.58. The highest BCUT2D eigenvalue weighted by atomic mass is 35.5. The Kier molecular flexibility index (Phi) is 3.97. The van der Waals surface area contributed by atoms with Gasteiger partial charge in [-0.15, -0.1) is 0 Å². The fourth-order valence-electron chi connectivity index (χ4n) is 1.87. The predicted molar refractivity (Wildman–Crippen MR) is 75.8 cm³/mol. The summed E-state index contributed by atoms with van der Waals surface area (Å²) in [6, 6.07) is 10.1. The summed E-state index contributed by atoms with van der Waals surface area (Å²) in [4.78, 5) is 9.00. The monoisotopic (exact) mass is 260 g/mol. The number of nitrogens with zero attached hydrogens (tertiary/aromatic N) is 2. The molecule has 0 aliphatic carbocycles. The molecule has 0 spiro atoms. The minimum Gasteiger partial charge on any atom is -0.233 e. The van der Waals surface area contributed by atoms with Gasteiger partial charge in [0.2, 0.25) is 0 Å². The van der Waals surface area contributed by atoms with E-state index in [2.05, 4.69) is 23.8 Å². The first kappa shape index (κ1) is 13.0. The van der Waals surface area contributed by atoms with Gasteiger partial charge in [0.1, 0.15) is 11.0 Å². The standard InChI is InChI=1S/C15H17ClN2/c1-10(2)9-13-17-14(11(3)15(16)18-13)12-7-5-4-6-8-12/h4-8,10H,9H2,1-3H3. The lowest BCUT2D eigenvalue weighted by Gasteiger charge is -2.10. The highest BCUT2D eigenvalue weighted by Gasteiger charge is 2.11. The molecule has 1 aromatic carbocycles. The summed E-state index contributed by atoms with van der Waals surface area (Å²) in [5.41, 5.74) is 2.96. The maximum atomic E-state index is 6.20. The number of rotatable bonds is 3. The van der Waals surface area contributed by atoms with Gasteiger partial charge >= 0.3 is 0 Å². The molecule has 0 N–H and O–H groups in total. The van der Waals surface area contributed by atoms with Crippen molar-refractivity contribution in [3.63, 3.8) is 0 Å². The van der Waals surface area contributed by atoms with Gasteiger partial charge in [-0.3, -0.25) is 0 Å². The van der Waals surface area contributed by atoms with E-state index in [1.165, 1.54) is 0 Å². The summed E-state index contributed by atoms with van der Waals surface area (Å²) in [5, 5.41) is 0.555. The maximum absolute atomic E-state index is 6.20. The third kappa shape index (κ3) is 2.88. The highest BCUT2D eigenvalue weighted by Crippen LogP contribution is 2.25. The Bertz CT molecular complexity index is 536. The number of halogens is 1. The van der Waals surface area contributed by atoms with Gasteiger partial charge in [-0.1, -0.05) is 55.8 Å². The summed E-state index contributed by atoms with van der Waals surface area (Å²) in [7, 11) is 0. The lowest BCUT2D eigenvalue weighted by atomic mass is 10.1. The van der Waals surface area contributed by atoms with Crippen LogP contribution in [0.2, 0.25) is 5.15 Å². The zero-order valence-electron chi connectivity index (χ0n) is 10.9. The van der Waals surface area contributed by atoms with Gasteiger partial charge < -0.3 is 0 Å². The average Bonchev–Trinajstić information content (AvgIpc) is 2.34. The number of aromatic nitrogens is 2. The summed E-state index contributed by atoms with van der Waals surface area (Å²) in [6.07, 6.45) is 0.847. The van der Waals surface area contributed by atoms with Crippen LogP contribution in [0.3, 0.4) is 0 Å². The average molecular weight is 261 g/mol. The van der Waals surface area contributed by atoms with Crippen LogP contribution in [0.4, 0.5) is 0 Å². The van der Waals surface area contributed by atoms with E-state index in [4.69, 9.17) is 11.6 Å². The molecule has 1 aromatic heterocycles. The van der Waals surface area contributed by atoms with Crippen LogP contribution in [0.5, 0.6) is 0 Å². The Labute approximate surface area is 113 Å². The van der Waals surface area contributed by atoms with Crippen LogP contribution >= 0.6 is 11.6 Å². The fraction of sp³-hybridized carbons (Fsp3) is 0.333. The number of benzene rings is 1. The topological polar surface area (TPSA) is 25.8 Å². The van der Waals surface area contributed by atoms with Crippen LogP contribution in [0.25, 0.3) is 11.3 Å². The molecule has 0 saturated heterocycles. The van der Waals surface area contributed by atoms with E-state index < -0.39 is 0 Å². The molecule has 2 rings (SSSR count). The second-order valence-electron chi connectivity index (χ2n) is 4.87. The van der Waals surface area contributed by atoms with Crippen molar-refractivity contribution >= 4 is 11.6 Å². The third-order valence-electron chi connectivity index (χ3n) is 2.77. The third-order valence-corrected chi connectivity index (χ3v) is 3.14. The molecule has 0 bridgehead atoms. The molecule has 0 fully saturated rings. The van der Waals surface area contributed by atoms with Crippen molar-refractivity contribution in [2.45, 2.75) is 27.2 Å². The molecule has 94 valence electrons. The van der Waals surface area contributed by atoms with Crippen molar-refractivity contribution in [3.8, 4) is 11.3 Å². The van der Waals surface area contributed by atoms with E-state index in [-0.39, 0.29) is 0 Å². The molecular weight excluding hydrogens is 244 g/mol. The Balaban J connectivity index is 2.49. The smallest absolute Gasteiger partial charge is 0.136 e. The molecule has 2 aromatic rings. The van der Waals surface area contributed by atoms with E-state index in [1.807, 2.05) is 37.3 Å². The minimum atomic E-state index is 0.521. The second-order valence-corrected chi connectivity index (χ2v) is 5.23. The molecule has 0 radical (unpaired) electrons. The molecule has 0 atom stereocenters. The number of hydrogen-bond donors (Lipinski definition) is 0. The van der Waals surface area contributed by atoms with Crippen LogP contribution in [-0.2, 0) is 6.42 Å². The van der Waals surface area contributed by atoms with Crippen molar-refractivity contribution in [1.82, 2.24) is 9.97 Å². The zero-order chi connectivity index (χ0) is 13.1. The Morgan fingerprint density at radius 1 is 1.11 bits per heavy atom. The fourth-order valence-corrected chi connectivity index (χ4v) is 2.05. The molecule has 0 saturated carbocycles. The summed E-state index contributed by atoms with van der Waals surface area (Å²) in [6.45, 7) is 6.27. The van der Waals surface area contributed by atoms with Crippen molar-refractivity contribution in [2.24, 2.45) is 5.92 Å². The van der Waals surface area contributed by atoms with Gasteiger partial charge in [-0.25, -0.2) is 9.97 Å². The van der Waals surface area contributed by atoms with E-state index in [0.717, 1.165) is 29.1 Å². The Hall–Kier alpha value is -1.41. The summed E-state index contributed by atoms with van der Waals surface area (Å²) >= 11 is 6.20. The molecular formula is C15H17ClN2. The van der Waals surface area contributed by atoms with Gasteiger partial charge in [0.25, 0.3) is 0 Å². The van der Waals surface area contributed by atoms with Gasteiger partial charge in [-0.2, -0.15) is 0 Å². The Morgan fingerprint density at radius 2 is 1.78 bits per heavy atom. The number of hydrogen-bond acceptors (Lipinski definition) is 2. The van der Waals surface area contributed by atoms with Crippen LogP contribution in [-0.4, -0.2) is 9.97 Å². The zero-order valence-corrected chi connectivity index (χ0v) is 11.7. The largest absolute Gasteiger partial charge is 0.233 e. The second kappa shape index (κ2) is 5.49. The molecule has 0 aliphatic rings. The molecule has 18 heavy (non-hydrogen) atoms. The predicted octanol–water partition coefficient (Wildman–Crippen LogP) is 4.30. The molecule has 3 heteroatoms. The SMILES string of the molecule is Cc1c(Cl)nc(CC(C)C)nc1-c1ccccc1. The van der Waals surface area contributed by atoms with E-state index >= 15 is 0 Å². The van der Waals surface area contributed by atoms with Crippen molar-refractivity contribution in [3.05, 3.63) is 46.9 Å². The van der Waals surface area contributed by atoms with E-state index in [1.54, 1.807) is 0 Å². The minimum absolute atomic E-state index is 0.521. The normalized spacial score (nSPS) is 10.9. The summed E-state index contributed by atoms with van der Waals surface area (Å²) in [5.74, 6) is 1.34. The van der Waals surface area contributed by atoms with Gasteiger partial charge in [0.05, 0.1) is 5.69 Å². The van der Waals surface area contributed by atoms with E-state index in [0.29, 0.717) is 11.1 Å². The summed E-state index contributed by atoms with van der Waals surface area (Å²) < 4.78 is 0. The lowest BCUT2D eigenvalue weighted by Crippen LogP contribution is -2.04. The van der Waals surface area contributed by atoms with Crippen LogP contribution in [0.15, 0.2) is 30.3 Å². The van der Waals surface area contributed by atoms with Crippen LogP contribution < -0.4 is 0 Å². The molecule has 2 nitrogen and oxygen atoms in total. The van der Waals surface area contributed by atoms with Gasteiger partial charge in [0.15, 0.2) is 0 Å². The van der Waals surface area contributed by atoms with Gasteiger partial charge in [-0.05, 0) is 12.8 Å². The van der Waals surface area contributed by atoms with E-state index in [9.17, 15) is 0 Å². The molecule has 1 heterocycles. The molecule has 0 aliphatic heterocycles. The quantitative estimate of drug-likeness (QED) is 0.769. The first-order valence-corrected chi connectivity index (χ1v) is 6.54. The first-order valence-electron chi connectivity index (χ1n) is 6.16. The Morgan fingerprint density at radius 3 is 2.39 bits per heavy atom. The molecule has 0 amide bonds. The van der Waals surface area contributed by atoms with Crippen LogP contribution in [0, 0.1) is 12.8 Å². The van der Waals surface area contributed by atoms with Gasteiger partial charge in [0, 0.05) is 17.5 Å².